The van der Waals surface area contributed by atoms with Crippen LogP contribution in [-0.4, -0.2) is 37.9 Å². The summed E-state index contributed by atoms with van der Waals surface area (Å²) >= 11 is 0. The zero-order valence-corrected chi connectivity index (χ0v) is 15.4. The third kappa shape index (κ3) is 6.89. The maximum Gasteiger partial charge on any atom is 0.191 e. The first-order chi connectivity index (χ1) is 11.5. The van der Waals surface area contributed by atoms with Crippen LogP contribution in [0.25, 0.3) is 0 Å². The van der Waals surface area contributed by atoms with Gasteiger partial charge in [-0.05, 0) is 44.7 Å². The minimum atomic E-state index is -0.0127. The summed E-state index contributed by atoms with van der Waals surface area (Å²) in [4.78, 5) is 4.27. The molecule has 5 heteroatoms. The minimum Gasteiger partial charge on any atom is -0.381 e. The van der Waals surface area contributed by atoms with Crippen LogP contribution in [-0.2, 0) is 22.6 Å². The topological polar surface area (TPSA) is 54.9 Å². The van der Waals surface area contributed by atoms with Crippen molar-refractivity contribution in [3.63, 3.8) is 0 Å². The van der Waals surface area contributed by atoms with Crippen LogP contribution in [0.3, 0.4) is 0 Å². The largest absolute Gasteiger partial charge is 0.381 e. The van der Waals surface area contributed by atoms with Gasteiger partial charge in [0.15, 0.2) is 5.96 Å². The molecule has 0 aromatic heterocycles. The van der Waals surface area contributed by atoms with E-state index in [0.29, 0.717) is 12.7 Å². The molecule has 24 heavy (non-hydrogen) atoms. The predicted octanol–water partition coefficient (Wildman–Crippen LogP) is 2.85. The minimum absolute atomic E-state index is 0.0127. The summed E-state index contributed by atoms with van der Waals surface area (Å²) < 4.78 is 11.4. The van der Waals surface area contributed by atoms with E-state index >= 15 is 0 Å². The van der Waals surface area contributed by atoms with E-state index < -0.39 is 0 Å². The lowest BCUT2D eigenvalue weighted by Crippen LogP contribution is -2.47. The summed E-state index contributed by atoms with van der Waals surface area (Å²) in [5.41, 5.74) is 2.42. The summed E-state index contributed by atoms with van der Waals surface area (Å²) in [6, 6.07) is 8.51. The summed E-state index contributed by atoms with van der Waals surface area (Å²) in [6.07, 6.45) is 2.32. The number of nitrogens with zero attached hydrogens (tertiary/aromatic N) is 1. The normalized spacial score (nSPS) is 16.9. The SMILES string of the molecule is CN=C(NCc1cccc(COC2CCOCC2)c1)NC(C)(C)C. The van der Waals surface area contributed by atoms with Crippen molar-refractivity contribution in [2.24, 2.45) is 4.99 Å². The molecule has 5 nitrogen and oxygen atoms in total. The van der Waals surface area contributed by atoms with Gasteiger partial charge < -0.3 is 20.1 Å². The van der Waals surface area contributed by atoms with Crippen molar-refractivity contribution in [2.75, 3.05) is 20.3 Å². The fourth-order valence-corrected chi connectivity index (χ4v) is 2.61. The van der Waals surface area contributed by atoms with Gasteiger partial charge in [0.1, 0.15) is 0 Å². The lowest BCUT2D eigenvalue weighted by molar-refractivity contribution is -0.0390. The van der Waals surface area contributed by atoms with E-state index in [1.165, 1.54) is 11.1 Å². The van der Waals surface area contributed by atoms with Crippen molar-refractivity contribution < 1.29 is 9.47 Å². The highest BCUT2D eigenvalue weighted by molar-refractivity contribution is 5.80. The molecule has 1 aromatic rings. The lowest BCUT2D eigenvalue weighted by Gasteiger charge is -2.24. The van der Waals surface area contributed by atoms with Gasteiger partial charge in [-0.25, -0.2) is 0 Å². The summed E-state index contributed by atoms with van der Waals surface area (Å²) in [6.45, 7) is 9.38. The molecular formula is C19H31N3O2. The lowest BCUT2D eigenvalue weighted by atomic mass is 10.1. The highest BCUT2D eigenvalue weighted by Crippen LogP contribution is 2.14. The van der Waals surface area contributed by atoms with Crippen molar-refractivity contribution >= 4 is 5.96 Å². The molecule has 0 radical (unpaired) electrons. The Balaban J connectivity index is 1.83. The quantitative estimate of drug-likeness (QED) is 0.643. The maximum absolute atomic E-state index is 6.00. The van der Waals surface area contributed by atoms with Gasteiger partial charge in [0.2, 0.25) is 0 Å². The molecule has 0 unspecified atom stereocenters. The van der Waals surface area contributed by atoms with E-state index in [9.17, 15) is 0 Å². The molecule has 0 atom stereocenters. The van der Waals surface area contributed by atoms with Gasteiger partial charge in [-0.1, -0.05) is 24.3 Å². The third-order valence-corrected chi connectivity index (χ3v) is 3.82. The fourth-order valence-electron chi connectivity index (χ4n) is 2.61. The molecule has 0 aliphatic carbocycles. The molecule has 1 fully saturated rings. The molecule has 0 bridgehead atoms. The average molecular weight is 333 g/mol. The zero-order valence-electron chi connectivity index (χ0n) is 15.4. The second-order valence-corrected chi connectivity index (χ2v) is 7.24. The van der Waals surface area contributed by atoms with Crippen molar-refractivity contribution in [3.05, 3.63) is 35.4 Å². The molecule has 1 heterocycles. The Kier molecular flexibility index (Phi) is 7.06. The molecule has 1 aromatic carbocycles. The first-order valence-corrected chi connectivity index (χ1v) is 8.72. The predicted molar refractivity (Wildman–Crippen MR) is 98.2 cm³/mol. The van der Waals surface area contributed by atoms with Gasteiger partial charge in [-0.2, -0.15) is 0 Å². The van der Waals surface area contributed by atoms with E-state index in [0.717, 1.165) is 38.6 Å². The molecule has 1 aliphatic rings. The number of nitrogens with one attached hydrogen (secondary N) is 2. The van der Waals surface area contributed by atoms with Crippen LogP contribution in [0.5, 0.6) is 0 Å². The average Bonchev–Trinajstić information content (AvgIpc) is 2.57. The Morgan fingerprint density at radius 3 is 2.62 bits per heavy atom. The van der Waals surface area contributed by atoms with Gasteiger partial charge in [-0.15, -0.1) is 0 Å². The van der Waals surface area contributed by atoms with Crippen LogP contribution in [0, 0.1) is 0 Å². The Morgan fingerprint density at radius 1 is 1.25 bits per heavy atom. The van der Waals surface area contributed by atoms with E-state index in [1.807, 2.05) is 0 Å². The van der Waals surface area contributed by atoms with Gasteiger partial charge in [0.05, 0.1) is 12.7 Å². The molecular weight excluding hydrogens is 302 g/mol. The molecule has 1 aliphatic heterocycles. The highest BCUT2D eigenvalue weighted by Gasteiger charge is 2.14. The maximum atomic E-state index is 6.00. The number of aliphatic imine (C=N–C) groups is 1. The second kappa shape index (κ2) is 9.04. The number of hydrogen-bond donors (Lipinski definition) is 2. The summed E-state index contributed by atoms with van der Waals surface area (Å²) in [5.74, 6) is 0.811. The zero-order chi connectivity index (χ0) is 17.4. The number of benzene rings is 1. The van der Waals surface area contributed by atoms with Gasteiger partial charge in [0, 0.05) is 32.3 Å². The Labute approximate surface area is 145 Å². The van der Waals surface area contributed by atoms with Crippen LogP contribution in [0.15, 0.2) is 29.3 Å². The molecule has 2 rings (SSSR count). The summed E-state index contributed by atoms with van der Waals surface area (Å²) in [5, 5.41) is 6.72. The Morgan fingerprint density at radius 2 is 1.96 bits per heavy atom. The van der Waals surface area contributed by atoms with Crippen molar-refractivity contribution in [2.45, 2.75) is 58.4 Å². The van der Waals surface area contributed by atoms with Crippen LogP contribution in [0.1, 0.15) is 44.7 Å². The number of hydrogen-bond acceptors (Lipinski definition) is 3. The standard InChI is InChI=1S/C19H31N3O2/c1-19(2,3)22-18(20-4)21-13-15-6-5-7-16(12-15)14-24-17-8-10-23-11-9-17/h5-7,12,17H,8-11,13-14H2,1-4H3,(H2,20,21,22). The smallest absolute Gasteiger partial charge is 0.191 e. The van der Waals surface area contributed by atoms with Crippen LogP contribution < -0.4 is 10.6 Å². The molecule has 2 N–H and O–H groups in total. The highest BCUT2D eigenvalue weighted by atomic mass is 16.5. The number of ether oxygens (including phenoxy) is 2. The summed E-state index contributed by atoms with van der Waals surface area (Å²) in [7, 11) is 1.79. The molecule has 0 saturated carbocycles. The van der Waals surface area contributed by atoms with Gasteiger partial charge >= 0.3 is 0 Å². The van der Waals surface area contributed by atoms with Gasteiger partial charge in [0.25, 0.3) is 0 Å². The first-order valence-electron chi connectivity index (χ1n) is 8.72. The van der Waals surface area contributed by atoms with E-state index in [4.69, 9.17) is 9.47 Å². The number of guanidine groups is 1. The Bertz CT molecular complexity index is 532. The fraction of sp³-hybridized carbons (Fsp3) is 0.632. The van der Waals surface area contributed by atoms with E-state index in [-0.39, 0.29) is 5.54 Å². The van der Waals surface area contributed by atoms with E-state index in [2.05, 4.69) is 60.7 Å². The monoisotopic (exact) mass is 333 g/mol. The van der Waals surface area contributed by atoms with Crippen LogP contribution in [0.4, 0.5) is 0 Å². The Hall–Kier alpha value is -1.59. The number of rotatable bonds is 5. The van der Waals surface area contributed by atoms with E-state index in [1.54, 1.807) is 7.05 Å². The first kappa shape index (κ1) is 18.7. The molecule has 0 amide bonds. The van der Waals surface area contributed by atoms with Crippen LogP contribution in [0.2, 0.25) is 0 Å². The molecule has 1 saturated heterocycles. The van der Waals surface area contributed by atoms with Crippen molar-refractivity contribution in [1.82, 2.24) is 10.6 Å². The molecule has 0 spiro atoms. The van der Waals surface area contributed by atoms with Crippen LogP contribution >= 0.6 is 0 Å². The van der Waals surface area contributed by atoms with Crippen molar-refractivity contribution in [3.8, 4) is 0 Å². The third-order valence-electron chi connectivity index (χ3n) is 3.82. The van der Waals surface area contributed by atoms with Crippen molar-refractivity contribution in [1.29, 1.82) is 0 Å². The molecule has 134 valence electrons. The van der Waals surface area contributed by atoms with Gasteiger partial charge in [-0.3, -0.25) is 4.99 Å². The second-order valence-electron chi connectivity index (χ2n) is 7.24.